The average Bonchev–Trinajstić information content (AvgIpc) is 2.72. The molecule has 0 N–H and O–H groups in total. The molecule has 2 aromatic rings. The van der Waals surface area contributed by atoms with E-state index in [2.05, 4.69) is 17.0 Å². The van der Waals surface area contributed by atoms with Crippen LogP contribution in [0.2, 0.25) is 5.02 Å². The van der Waals surface area contributed by atoms with Crippen molar-refractivity contribution in [2.24, 2.45) is 0 Å². The molecule has 0 aromatic heterocycles. The van der Waals surface area contributed by atoms with E-state index < -0.39 is 5.97 Å². The summed E-state index contributed by atoms with van der Waals surface area (Å²) < 4.78 is 5.06. The summed E-state index contributed by atoms with van der Waals surface area (Å²) in [4.78, 5) is 28.0. The van der Waals surface area contributed by atoms with E-state index in [1.165, 1.54) is 6.08 Å². The van der Waals surface area contributed by atoms with Crippen LogP contribution in [0.25, 0.3) is 6.08 Å². The first-order valence-electron chi connectivity index (χ1n) is 8.80. The normalized spacial score (nSPS) is 14.4. The number of ether oxygens (including phenoxy) is 1. The highest BCUT2D eigenvalue weighted by Gasteiger charge is 2.21. The first-order valence-corrected chi connectivity index (χ1v) is 9.18. The highest BCUT2D eigenvalue weighted by molar-refractivity contribution is 6.32. The second-order valence-electron chi connectivity index (χ2n) is 6.17. The predicted octanol–water partition coefficient (Wildman–Crippen LogP) is 3.25. The van der Waals surface area contributed by atoms with Crippen molar-refractivity contribution < 1.29 is 14.3 Å². The number of hydrogen-bond donors (Lipinski definition) is 0. The van der Waals surface area contributed by atoms with E-state index in [9.17, 15) is 9.59 Å². The van der Waals surface area contributed by atoms with Crippen molar-refractivity contribution in [3.63, 3.8) is 0 Å². The summed E-state index contributed by atoms with van der Waals surface area (Å²) in [5.74, 6) is -0.742. The number of nitrogens with zero attached hydrogens (tertiary/aromatic N) is 2. The average molecular weight is 385 g/mol. The SMILES string of the molecule is O=C(/C=C/c1ccccc1Cl)OCC(=O)N1CCN(c2ccccc2)CC1. The van der Waals surface area contributed by atoms with Gasteiger partial charge in [-0.1, -0.05) is 48.0 Å². The maximum Gasteiger partial charge on any atom is 0.331 e. The fourth-order valence-electron chi connectivity index (χ4n) is 2.89. The van der Waals surface area contributed by atoms with E-state index in [-0.39, 0.29) is 12.5 Å². The highest BCUT2D eigenvalue weighted by Crippen LogP contribution is 2.17. The number of carbonyl (C=O) groups excluding carboxylic acids is 2. The topological polar surface area (TPSA) is 49.9 Å². The minimum absolute atomic E-state index is 0.179. The van der Waals surface area contributed by atoms with Crippen molar-refractivity contribution in [3.8, 4) is 0 Å². The minimum atomic E-state index is -0.564. The van der Waals surface area contributed by atoms with E-state index in [1.807, 2.05) is 30.3 Å². The fourth-order valence-corrected chi connectivity index (χ4v) is 3.09. The molecular formula is C21H21ClN2O3. The number of esters is 1. The lowest BCUT2D eigenvalue weighted by Crippen LogP contribution is -2.49. The monoisotopic (exact) mass is 384 g/mol. The van der Waals surface area contributed by atoms with Gasteiger partial charge in [-0.05, 0) is 29.8 Å². The standard InChI is InChI=1S/C21H21ClN2O3/c22-19-9-5-4-6-17(19)10-11-21(26)27-16-20(25)24-14-12-23(13-15-24)18-7-2-1-3-8-18/h1-11H,12-16H2/b11-10+. The Morgan fingerprint density at radius 3 is 2.33 bits per heavy atom. The number of piperazine rings is 1. The number of rotatable bonds is 5. The molecule has 0 atom stereocenters. The zero-order chi connectivity index (χ0) is 19.1. The van der Waals surface area contributed by atoms with E-state index in [0.717, 1.165) is 24.3 Å². The van der Waals surface area contributed by atoms with Gasteiger partial charge in [0.25, 0.3) is 5.91 Å². The third-order valence-electron chi connectivity index (χ3n) is 4.40. The number of hydrogen-bond acceptors (Lipinski definition) is 4. The predicted molar refractivity (Wildman–Crippen MR) is 107 cm³/mol. The zero-order valence-electron chi connectivity index (χ0n) is 14.9. The molecular weight excluding hydrogens is 364 g/mol. The van der Waals surface area contributed by atoms with Crippen LogP contribution >= 0.6 is 11.6 Å². The van der Waals surface area contributed by atoms with E-state index in [1.54, 1.807) is 23.1 Å². The summed E-state index contributed by atoms with van der Waals surface area (Å²) in [6.07, 6.45) is 2.86. The van der Waals surface area contributed by atoms with Gasteiger partial charge in [0.1, 0.15) is 0 Å². The maximum atomic E-state index is 12.3. The van der Waals surface area contributed by atoms with Crippen molar-refractivity contribution in [1.82, 2.24) is 4.90 Å². The number of para-hydroxylation sites is 1. The number of carbonyl (C=O) groups is 2. The summed E-state index contributed by atoms with van der Waals surface area (Å²) in [5.41, 5.74) is 1.88. The third kappa shape index (κ3) is 5.34. The van der Waals surface area contributed by atoms with Crippen molar-refractivity contribution >= 4 is 35.2 Å². The highest BCUT2D eigenvalue weighted by atomic mass is 35.5. The molecule has 1 aliphatic heterocycles. The number of halogens is 1. The second kappa shape index (κ2) is 9.24. The lowest BCUT2D eigenvalue weighted by Gasteiger charge is -2.36. The van der Waals surface area contributed by atoms with E-state index in [0.29, 0.717) is 18.1 Å². The lowest BCUT2D eigenvalue weighted by molar-refractivity contribution is -0.148. The largest absolute Gasteiger partial charge is 0.452 e. The van der Waals surface area contributed by atoms with Crippen molar-refractivity contribution in [3.05, 3.63) is 71.3 Å². The van der Waals surface area contributed by atoms with Crippen LogP contribution in [0.3, 0.4) is 0 Å². The molecule has 1 heterocycles. The summed E-state index contributed by atoms with van der Waals surface area (Å²) in [7, 11) is 0. The van der Waals surface area contributed by atoms with Crippen LogP contribution in [0, 0.1) is 0 Å². The number of benzene rings is 2. The quantitative estimate of drug-likeness (QED) is 0.586. The zero-order valence-corrected chi connectivity index (χ0v) is 15.6. The van der Waals surface area contributed by atoms with Crippen LogP contribution in [0.1, 0.15) is 5.56 Å². The first kappa shape index (κ1) is 19.0. The summed E-state index contributed by atoms with van der Waals surface area (Å²) in [6, 6.07) is 17.3. The maximum absolute atomic E-state index is 12.3. The van der Waals surface area contributed by atoms with Gasteiger partial charge in [-0.2, -0.15) is 0 Å². The molecule has 0 unspecified atom stereocenters. The van der Waals surface area contributed by atoms with Crippen molar-refractivity contribution in [2.45, 2.75) is 0 Å². The van der Waals surface area contributed by atoms with E-state index >= 15 is 0 Å². The third-order valence-corrected chi connectivity index (χ3v) is 4.74. The Morgan fingerprint density at radius 2 is 1.63 bits per heavy atom. The minimum Gasteiger partial charge on any atom is -0.452 e. The molecule has 2 aromatic carbocycles. The summed E-state index contributed by atoms with van der Waals surface area (Å²) in [5, 5.41) is 0.550. The number of anilines is 1. The molecule has 1 aliphatic rings. The second-order valence-corrected chi connectivity index (χ2v) is 6.57. The van der Waals surface area contributed by atoms with Crippen LogP contribution in [0.5, 0.6) is 0 Å². The lowest BCUT2D eigenvalue weighted by atomic mass is 10.2. The van der Waals surface area contributed by atoms with Gasteiger partial charge in [-0.15, -0.1) is 0 Å². The molecule has 0 aliphatic carbocycles. The molecule has 1 amide bonds. The molecule has 0 radical (unpaired) electrons. The molecule has 5 nitrogen and oxygen atoms in total. The molecule has 0 spiro atoms. The van der Waals surface area contributed by atoms with E-state index in [4.69, 9.17) is 16.3 Å². The van der Waals surface area contributed by atoms with Crippen LogP contribution < -0.4 is 4.90 Å². The molecule has 27 heavy (non-hydrogen) atoms. The Labute approximate surface area is 163 Å². The Bertz CT molecular complexity index is 815. The molecule has 0 saturated carbocycles. The van der Waals surface area contributed by atoms with Gasteiger partial charge >= 0.3 is 5.97 Å². The summed E-state index contributed by atoms with van der Waals surface area (Å²) >= 11 is 6.02. The molecule has 140 valence electrons. The Kier molecular flexibility index (Phi) is 6.49. The van der Waals surface area contributed by atoms with Crippen LogP contribution in [-0.4, -0.2) is 49.6 Å². The summed E-state index contributed by atoms with van der Waals surface area (Å²) in [6.45, 7) is 2.49. The van der Waals surface area contributed by atoms with Crippen molar-refractivity contribution in [1.29, 1.82) is 0 Å². The fraction of sp³-hybridized carbons (Fsp3) is 0.238. The van der Waals surface area contributed by atoms with Crippen LogP contribution in [0.4, 0.5) is 5.69 Å². The van der Waals surface area contributed by atoms with Crippen LogP contribution in [0.15, 0.2) is 60.7 Å². The van der Waals surface area contributed by atoms with Gasteiger partial charge in [0.05, 0.1) is 0 Å². The first-order chi connectivity index (χ1) is 13.1. The molecule has 0 bridgehead atoms. The molecule has 1 fully saturated rings. The van der Waals surface area contributed by atoms with Gasteiger partial charge in [0.15, 0.2) is 6.61 Å². The van der Waals surface area contributed by atoms with Gasteiger partial charge in [-0.25, -0.2) is 4.79 Å². The van der Waals surface area contributed by atoms with Gasteiger partial charge in [0, 0.05) is 43.0 Å². The Balaban J connectivity index is 1.43. The Hall–Kier alpha value is -2.79. The molecule has 6 heteroatoms. The Morgan fingerprint density at radius 1 is 0.963 bits per heavy atom. The van der Waals surface area contributed by atoms with Gasteiger partial charge < -0.3 is 14.5 Å². The smallest absolute Gasteiger partial charge is 0.331 e. The van der Waals surface area contributed by atoms with Gasteiger partial charge in [-0.3, -0.25) is 4.79 Å². The molecule has 3 rings (SSSR count). The van der Waals surface area contributed by atoms with Gasteiger partial charge in [0.2, 0.25) is 0 Å². The molecule has 1 saturated heterocycles. The van der Waals surface area contributed by atoms with Crippen LogP contribution in [-0.2, 0) is 14.3 Å². The number of amides is 1. The van der Waals surface area contributed by atoms with Crippen molar-refractivity contribution in [2.75, 3.05) is 37.7 Å².